The zero-order valence-electron chi connectivity index (χ0n) is 10.4. The summed E-state index contributed by atoms with van der Waals surface area (Å²) in [7, 11) is 0. The van der Waals surface area contributed by atoms with E-state index in [1.54, 1.807) is 10.6 Å². The highest BCUT2D eigenvalue weighted by atomic mass is 35.5. The van der Waals surface area contributed by atoms with Gasteiger partial charge in [-0.05, 0) is 36.6 Å². The van der Waals surface area contributed by atoms with E-state index >= 15 is 0 Å². The van der Waals surface area contributed by atoms with Crippen molar-refractivity contribution in [2.75, 3.05) is 0 Å². The Morgan fingerprint density at radius 3 is 2.47 bits per heavy atom. The topological polar surface area (TPSA) is 22.0 Å². The number of fused-ring (bicyclic) bond motifs is 1. The molecule has 1 aromatic heterocycles. The molecule has 0 saturated carbocycles. The summed E-state index contributed by atoms with van der Waals surface area (Å²) in [5.41, 5.74) is 1.67. The standard InChI is InChI=1S/C16H12ClNO/c1-11-10-12-6-5-9-14(17)15(12)16(19)18(11)13-7-3-2-4-8-13/h2-10H,1H3. The van der Waals surface area contributed by atoms with Gasteiger partial charge in [-0.25, -0.2) is 0 Å². The first-order valence-electron chi connectivity index (χ1n) is 6.05. The summed E-state index contributed by atoms with van der Waals surface area (Å²) in [4.78, 5) is 12.6. The lowest BCUT2D eigenvalue weighted by atomic mass is 10.1. The molecule has 0 aliphatic carbocycles. The zero-order chi connectivity index (χ0) is 13.4. The van der Waals surface area contributed by atoms with Crippen LogP contribution in [0.1, 0.15) is 5.69 Å². The Morgan fingerprint density at radius 1 is 1.00 bits per heavy atom. The second-order valence-corrected chi connectivity index (χ2v) is 4.87. The highest BCUT2D eigenvalue weighted by Gasteiger charge is 2.10. The number of hydrogen-bond donors (Lipinski definition) is 0. The average Bonchev–Trinajstić information content (AvgIpc) is 2.39. The van der Waals surface area contributed by atoms with E-state index in [0.29, 0.717) is 10.4 Å². The lowest BCUT2D eigenvalue weighted by Gasteiger charge is -2.12. The van der Waals surface area contributed by atoms with Gasteiger partial charge in [0.1, 0.15) is 0 Å². The van der Waals surface area contributed by atoms with Crippen molar-refractivity contribution in [3.63, 3.8) is 0 Å². The predicted molar refractivity (Wildman–Crippen MR) is 79.3 cm³/mol. The van der Waals surface area contributed by atoms with Crippen molar-refractivity contribution in [2.24, 2.45) is 0 Å². The first-order chi connectivity index (χ1) is 9.18. The minimum absolute atomic E-state index is 0.0770. The van der Waals surface area contributed by atoms with E-state index in [1.165, 1.54) is 0 Å². The molecule has 0 aliphatic rings. The van der Waals surface area contributed by atoms with E-state index in [-0.39, 0.29) is 5.56 Å². The molecule has 0 N–H and O–H groups in total. The number of aromatic nitrogens is 1. The first kappa shape index (κ1) is 12.0. The molecule has 94 valence electrons. The highest BCUT2D eigenvalue weighted by molar-refractivity contribution is 6.35. The second kappa shape index (κ2) is 4.56. The average molecular weight is 270 g/mol. The Hall–Kier alpha value is -2.06. The van der Waals surface area contributed by atoms with Crippen LogP contribution in [0.5, 0.6) is 0 Å². The largest absolute Gasteiger partial charge is 0.281 e. The van der Waals surface area contributed by atoms with E-state index in [0.717, 1.165) is 16.8 Å². The van der Waals surface area contributed by atoms with Gasteiger partial charge in [-0.15, -0.1) is 0 Å². The van der Waals surface area contributed by atoms with Crippen molar-refractivity contribution in [1.29, 1.82) is 0 Å². The molecule has 3 rings (SSSR count). The number of rotatable bonds is 1. The van der Waals surface area contributed by atoms with Gasteiger partial charge in [0.05, 0.1) is 10.4 Å². The molecular weight excluding hydrogens is 258 g/mol. The molecule has 19 heavy (non-hydrogen) atoms. The van der Waals surface area contributed by atoms with Crippen molar-refractivity contribution in [3.8, 4) is 5.69 Å². The fourth-order valence-corrected chi connectivity index (χ4v) is 2.61. The molecule has 0 saturated heterocycles. The molecule has 0 bridgehead atoms. The molecule has 0 aliphatic heterocycles. The molecule has 3 aromatic rings. The van der Waals surface area contributed by atoms with Crippen molar-refractivity contribution < 1.29 is 0 Å². The fraction of sp³-hybridized carbons (Fsp3) is 0.0625. The summed E-state index contributed by atoms with van der Waals surface area (Å²) in [5, 5.41) is 1.94. The summed E-state index contributed by atoms with van der Waals surface area (Å²) < 4.78 is 1.69. The third kappa shape index (κ3) is 1.94. The molecule has 3 heteroatoms. The minimum atomic E-state index is -0.0770. The smallest absolute Gasteiger partial charge is 0.264 e. The van der Waals surface area contributed by atoms with E-state index in [4.69, 9.17) is 11.6 Å². The van der Waals surface area contributed by atoms with Crippen LogP contribution in [-0.4, -0.2) is 4.57 Å². The fourth-order valence-electron chi connectivity index (χ4n) is 2.35. The van der Waals surface area contributed by atoms with Gasteiger partial charge in [0, 0.05) is 11.4 Å². The van der Waals surface area contributed by atoms with Crippen molar-refractivity contribution in [3.05, 3.63) is 75.7 Å². The van der Waals surface area contributed by atoms with Crippen molar-refractivity contribution >= 4 is 22.4 Å². The van der Waals surface area contributed by atoms with Gasteiger partial charge in [-0.2, -0.15) is 0 Å². The Morgan fingerprint density at radius 2 is 1.74 bits per heavy atom. The Balaban J connectivity index is 2.45. The van der Waals surface area contributed by atoms with Crippen LogP contribution in [0, 0.1) is 6.92 Å². The minimum Gasteiger partial charge on any atom is -0.281 e. The lowest BCUT2D eigenvalue weighted by Crippen LogP contribution is -2.20. The maximum absolute atomic E-state index is 12.6. The summed E-state index contributed by atoms with van der Waals surface area (Å²) in [5.74, 6) is 0. The van der Waals surface area contributed by atoms with Crippen LogP contribution in [0.4, 0.5) is 0 Å². The third-order valence-electron chi connectivity index (χ3n) is 3.19. The van der Waals surface area contributed by atoms with E-state index in [1.807, 2.05) is 55.5 Å². The molecule has 2 nitrogen and oxygen atoms in total. The summed E-state index contributed by atoms with van der Waals surface area (Å²) in [6, 6.07) is 17.1. The van der Waals surface area contributed by atoms with Gasteiger partial charge in [0.15, 0.2) is 0 Å². The lowest BCUT2D eigenvalue weighted by molar-refractivity contribution is 0.951. The molecule has 0 spiro atoms. The van der Waals surface area contributed by atoms with Crippen LogP contribution in [0.3, 0.4) is 0 Å². The normalized spacial score (nSPS) is 10.8. The zero-order valence-corrected chi connectivity index (χ0v) is 11.2. The summed E-state index contributed by atoms with van der Waals surface area (Å²) >= 11 is 6.16. The molecule has 0 amide bonds. The van der Waals surface area contributed by atoms with E-state index in [2.05, 4.69) is 0 Å². The first-order valence-corrected chi connectivity index (χ1v) is 6.42. The quantitative estimate of drug-likeness (QED) is 0.656. The predicted octanol–water partition coefficient (Wildman–Crippen LogP) is 3.95. The van der Waals surface area contributed by atoms with Gasteiger partial charge >= 0.3 is 0 Å². The van der Waals surface area contributed by atoms with Crippen LogP contribution >= 0.6 is 11.6 Å². The third-order valence-corrected chi connectivity index (χ3v) is 3.51. The number of aryl methyl sites for hydroxylation is 1. The maximum atomic E-state index is 12.6. The van der Waals surface area contributed by atoms with E-state index < -0.39 is 0 Å². The van der Waals surface area contributed by atoms with E-state index in [9.17, 15) is 4.79 Å². The van der Waals surface area contributed by atoms with Crippen LogP contribution in [0.15, 0.2) is 59.4 Å². The molecule has 0 atom stereocenters. The Bertz CT molecular complexity index is 806. The van der Waals surface area contributed by atoms with Gasteiger partial charge in [0.25, 0.3) is 5.56 Å². The number of hydrogen-bond acceptors (Lipinski definition) is 1. The van der Waals surface area contributed by atoms with Gasteiger partial charge < -0.3 is 0 Å². The number of nitrogens with zero attached hydrogens (tertiary/aromatic N) is 1. The second-order valence-electron chi connectivity index (χ2n) is 4.47. The van der Waals surface area contributed by atoms with Gasteiger partial charge in [-0.1, -0.05) is 41.9 Å². The van der Waals surface area contributed by atoms with Crippen LogP contribution in [-0.2, 0) is 0 Å². The van der Waals surface area contributed by atoms with Crippen LogP contribution in [0.2, 0.25) is 5.02 Å². The van der Waals surface area contributed by atoms with Crippen LogP contribution in [0.25, 0.3) is 16.5 Å². The highest BCUT2D eigenvalue weighted by Crippen LogP contribution is 2.22. The molecule has 1 heterocycles. The summed E-state index contributed by atoms with van der Waals surface area (Å²) in [6.45, 7) is 1.93. The molecule has 2 aromatic carbocycles. The summed E-state index contributed by atoms with van der Waals surface area (Å²) in [6.07, 6.45) is 0. The Kier molecular flexibility index (Phi) is 2.88. The van der Waals surface area contributed by atoms with Gasteiger partial charge in [0.2, 0.25) is 0 Å². The number of benzene rings is 2. The SMILES string of the molecule is Cc1cc2cccc(Cl)c2c(=O)n1-c1ccccc1. The van der Waals surface area contributed by atoms with Gasteiger partial charge in [-0.3, -0.25) is 9.36 Å². The molecule has 0 fully saturated rings. The number of pyridine rings is 1. The number of halogens is 1. The molecular formula is C16H12ClNO. The molecule has 0 unspecified atom stereocenters. The molecule has 0 radical (unpaired) electrons. The van der Waals surface area contributed by atoms with Crippen molar-refractivity contribution in [2.45, 2.75) is 6.92 Å². The monoisotopic (exact) mass is 269 g/mol. The number of para-hydroxylation sites is 1. The van der Waals surface area contributed by atoms with Crippen molar-refractivity contribution in [1.82, 2.24) is 4.57 Å². The maximum Gasteiger partial charge on any atom is 0.264 e. The Labute approximate surface area is 115 Å². The van der Waals surface area contributed by atoms with Crippen LogP contribution < -0.4 is 5.56 Å².